The second-order valence-corrected chi connectivity index (χ2v) is 5.12. The van der Waals surface area contributed by atoms with Gasteiger partial charge in [-0.15, -0.1) is 0 Å². The molecule has 0 spiro atoms. The molecule has 0 saturated carbocycles. The number of hydrogen-bond acceptors (Lipinski definition) is 3. The highest BCUT2D eigenvalue weighted by Gasteiger charge is 2.18. The van der Waals surface area contributed by atoms with Gasteiger partial charge in [-0.05, 0) is 5.92 Å². The van der Waals surface area contributed by atoms with E-state index in [-0.39, 0.29) is 24.7 Å². The molecule has 0 bridgehead atoms. The molecule has 0 atom stereocenters. The zero-order chi connectivity index (χ0) is 11.4. The van der Waals surface area contributed by atoms with Gasteiger partial charge in [-0.3, -0.25) is 5.41 Å². The molecule has 0 fully saturated rings. The molecule has 0 aromatic rings. The van der Waals surface area contributed by atoms with Crippen molar-refractivity contribution in [1.82, 2.24) is 4.31 Å². The molecular formula is C7H18N4O2S. The van der Waals surface area contributed by atoms with E-state index in [1.165, 1.54) is 0 Å². The molecule has 0 aromatic heterocycles. The van der Waals surface area contributed by atoms with E-state index >= 15 is 0 Å². The molecule has 84 valence electrons. The Bertz CT molecular complexity index is 286. The average molecular weight is 222 g/mol. The highest BCUT2D eigenvalue weighted by molar-refractivity contribution is 7.86. The largest absolute Gasteiger partial charge is 0.388 e. The van der Waals surface area contributed by atoms with E-state index in [2.05, 4.69) is 0 Å². The monoisotopic (exact) mass is 222 g/mol. The van der Waals surface area contributed by atoms with E-state index in [4.69, 9.17) is 16.3 Å². The first kappa shape index (κ1) is 13.3. The van der Waals surface area contributed by atoms with Crippen molar-refractivity contribution >= 4 is 16.0 Å². The van der Waals surface area contributed by atoms with Crippen LogP contribution in [-0.2, 0) is 10.2 Å². The first-order valence-corrected chi connectivity index (χ1v) is 5.84. The first-order chi connectivity index (χ1) is 6.23. The topological polar surface area (TPSA) is 113 Å². The molecule has 7 heteroatoms. The minimum atomic E-state index is -3.67. The van der Waals surface area contributed by atoms with Crippen LogP contribution in [0.5, 0.6) is 0 Å². The molecule has 0 aliphatic rings. The summed E-state index contributed by atoms with van der Waals surface area (Å²) in [6, 6.07) is 0. The normalized spacial score (nSPS) is 12.4. The zero-order valence-electron chi connectivity index (χ0n) is 8.53. The van der Waals surface area contributed by atoms with Gasteiger partial charge in [0.1, 0.15) is 0 Å². The maximum absolute atomic E-state index is 11.1. The van der Waals surface area contributed by atoms with Gasteiger partial charge in [-0.2, -0.15) is 12.7 Å². The fraction of sp³-hybridized carbons (Fsp3) is 0.857. The standard InChI is InChI=1S/C7H18N4O2S/c1-6(2)5-11(14(10,12)13)4-3-7(8)9/h6H,3-5H2,1-2H3,(H3,8,9)(H2,10,12,13). The Kier molecular flexibility index (Phi) is 5.03. The molecule has 0 amide bonds. The van der Waals surface area contributed by atoms with Gasteiger partial charge in [0.05, 0.1) is 5.84 Å². The van der Waals surface area contributed by atoms with Crippen molar-refractivity contribution in [3.05, 3.63) is 0 Å². The zero-order valence-corrected chi connectivity index (χ0v) is 9.34. The third-order valence-electron chi connectivity index (χ3n) is 1.56. The predicted molar refractivity (Wildman–Crippen MR) is 56.0 cm³/mol. The molecule has 0 aliphatic carbocycles. The Morgan fingerprint density at radius 3 is 2.29 bits per heavy atom. The van der Waals surface area contributed by atoms with Crippen molar-refractivity contribution in [3.63, 3.8) is 0 Å². The highest BCUT2D eigenvalue weighted by atomic mass is 32.2. The molecule has 0 saturated heterocycles. The van der Waals surface area contributed by atoms with Gasteiger partial charge in [0.25, 0.3) is 10.2 Å². The molecule has 0 heterocycles. The lowest BCUT2D eigenvalue weighted by Gasteiger charge is -2.20. The van der Waals surface area contributed by atoms with Gasteiger partial charge in [0, 0.05) is 19.5 Å². The van der Waals surface area contributed by atoms with Gasteiger partial charge in [-0.25, -0.2) is 5.14 Å². The fourth-order valence-corrected chi connectivity index (χ4v) is 1.83. The number of hydrogen-bond donors (Lipinski definition) is 3. The van der Waals surface area contributed by atoms with E-state index in [9.17, 15) is 8.42 Å². The maximum atomic E-state index is 11.1. The molecule has 0 rings (SSSR count). The third kappa shape index (κ3) is 5.90. The van der Waals surface area contributed by atoms with Gasteiger partial charge in [0.2, 0.25) is 0 Å². The smallest absolute Gasteiger partial charge is 0.276 e. The first-order valence-electron chi connectivity index (χ1n) is 4.34. The Hall–Kier alpha value is -0.660. The second kappa shape index (κ2) is 5.28. The summed E-state index contributed by atoms with van der Waals surface area (Å²) in [6.07, 6.45) is 0.211. The van der Waals surface area contributed by atoms with Crippen LogP contribution in [0.1, 0.15) is 20.3 Å². The van der Waals surface area contributed by atoms with Crippen LogP contribution in [0.25, 0.3) is 0 Å². The van der Waals surface area contributed by atoms with Crippen molar-refractivity contribution in [1.29, 1.82) is 5.41 Å². The van der Waals surface area contributed by atoms with E-state index in [0.717, 1.165) is 4.31 Å². The van der Waals surface area contributed by atoms with Gasteiger partial charge < -0.3 is 5.73 Å². The number of nitrogens with zero attached hydrogens (tertiary/aromatic N) is 1. The number of nitrogens with one attached hydrogen (secondary N) is 1. The van der Waals surface area contributed by atoms with Crippen LogP contribution in [0.2, 0.25) is 0 Å². The molecule has 0 unspecified atom stereocenters. The molecule has 0 aromatic carbocycles. The Morgan fingerprint density at radius 1 is 1.50 bits per heavy atom. The molecule has 14 heavy (non-hydrogen) atoms. The minimum absolute atomic E-state index is 0.0394. The number of rotatable bonds is 6. The second-order valence-electron chi connectivity index (χ2n) is 3.57. The van der Waals surface area contributed by atoms with Crippen molar-refractivity contribution < 1.29 is 8.42 Å². The Labute approximate surface area is 85.0 Å². The van der Waals surface area contributed by atoms with Crippen LogP contribution >= 0.6 is 0 Å². The lowest BCUT2D eigenvalue weighted by molar-refractivity contribution is 0.374. The molecule has 6 nitrogen and oxygen atoms in total. The lowest BCUT2D eigenvalue weighted by atomic mass is 10.2. The summed E-state index contributed by atoms with van der Waals surface area (Å²) < 4.78 is 23.3. The van der Waals surface area contributed by atoms with Crippen LogP contribution in [0.4, 0.5) is 0 Å². The molecular weight excluding hydrogens is 204 g/mol. The average Bonchev–Trinajstić information content (AvgIpc) is 1.94. The van der Waals surface area contributed by atoms with Crippen LogP contribution in [0.15, 0.2) is 0 Å². The van der Waals surface area contributed by atoms with Crippen LogP contribution in [0.3, 0.4) is 0 Å². The molecule has 0 aliphatic heterocycles. The summed E-state index contributed by atoms with van der Waals surface area (Å²) in [5, 5.41) is 12.0. The van der Waals surface area contributed by atoms with Crippen LogP contribution in [0, 0.1) is 11.3 Å². The Morgan fingerprint density at radius 2 is 2.00 bits per heavy atom. The Balaban J connectivity index is 4.34. The van der Waals surface area contributed by atoms with Crippen molar-refractivity contribution in [3.8, 4) is 0 Å². The molecule has 0 radical (unpaired) electrons. The van der Waals surface area contributed by atoms with E-state index < -0.39 is 10.2 Å². The summed E-state index contributed by atoms with van der Waals surface area (Å²) in [5.74, 6) is 0.155. The van der Waals surface area contributed by atoms with Crippen molar-refractivity contribution in [2.75, 3.05) is 13.1 Å². The van der Waals surface area contributed by atoms with Gasteiger partial charge in [-0.1, -0.05) is 13.8 Å². The van der Waals surface area contributed by atoms with E-state index in [1.54, 1.807) is 0 Å². The van der Waals surface area contributed by atoms with Gasteiger partial charge >= 0.3 is 0 Å². The third-order valence-corrected chi connectivity index (χ3v) is 2.61. The predicted octanol–water partition coefficient (Wildman–Crippen LogP) is -0.526. The quantitative estimate of drug-likeness (QED) is 0.415. The summed E-state index contributed by atoms with van der Waals surface area (Å²) in [7, 11) is -3.67. The van der Waals surface area contributed by atoms with Crippen LogP contribution in [-0.4, -0.2) is 31.6 Å². The number of amidine groups is 1. The van der Waals surface area contributed by atoms with E-state index in [1.807, 2.05) is 13.8 Å². The lowest BCUT2D eigenvalue weighted by Crippen LogP contribution is -2.40. The summed E-state index contributed by atoms with van der Waals surface area (Å²) in [5.41, 5.74) is 5.14. The van der Waals surface area contributed by atoms with Gasteiger partial charge in [0.15, 0.2) is 0 Å². The van der Waals surface area contributed by atoms with E-state index in [0.29, 0.717) is 6.54 Å². The van der Waals surface area contributed by atoms with Crippen LogP contribution < -0.4 is 10.9 Å². The number of nitrogens with two attached hydrogens (primary N) is 2. The van der Waals surface area contributed by atoms with Crippen molar-refractivity contribution in [2.45, 2.75) is 20.3 Å². The summed E-state index contributed by atoms with van der Waals surface area (Å²) >= 11 is 0. The fourth-order valence-electron chi connectivity index (χ4n) is 0.975. The molecule has 5 N–H and O–H groups in total. The summed E-state index contributed by atoms with van der Waals surface area (Å²) in [6.45, 7) is 4.32. The maximum Gasteiger partial charge on any atom is 0.276 e. The minimum Gasteiger partial charge on any atom is -0.388 e. The highest BCUT2D eigenvalue weighted by Crippen LogP contribution is 2.03. The SMILES string of the molecule is CC(C)CN(CCC(=N)N)S(N)(=O)=O. The van der Waals surface area contributed by atoms with Crippen molar-refractivity contribution in [2.24, 2.45) is 16.8 Å². The summed E-state index contributed by atoms with van der Waals surface area (Å²) in [4.78, 5) is 0.